The van der Waals surface area contributed by atoms with E-state index in [1.807, 2.05) is 11.8 Å². The molecule has 0 aromatic carbocycles. The van der Waals surface area contributed by atoms with E-state index in [1.165, 1.54) is 22.8 Å². The summed E-state index contributed by atoms with van der Waals surface area (Å²) in [6.45, 7) is 3.76. The van der Waals surface area contributed by atoms with Crippen molar-refractivity contribution in [1.29, 1.82) is 0 Å². The van der Waals surface area contributed by atoms with Crippen molar-refractivity contribution in [3.8, 4) is 0 Å². The van der Waals surface area contributed by atoms with Gasteiger partial charge in [0.2, 0.25) is 0 Å². The number of hydrogen-bond donors (Lipinski definition) is 2. The van der Waals surface area contributed by atoms with Crippen LogP contribution in [0.1, 0.15) is 10.5 Å². The minimum absolute atomic E-state index is 0.100. The molecule has 0 unspecified atom stereocenters. The fraction of sp³-hybridized carbons (Fsp3) is 0.462. The van der Waals surface area contributed by atoms with Crippen molar-refractivity contribution in [2.45, 2.75) is 0 Å². The first-order chi connectivity index (χ1) is 10.1. The molecule has 1 aliphatic heterocycles. The van der Waals surface area contributed by atoms with Gasteiger partial charge in [0, 0.05) is 37.7 Å². The molecule has 0 radical (unpaired) electrons. The Labute approximate surface area is 141 Å². The average molecular weight is 364 g/mol. The third-order valence-corrected chi connectivity index (χ3v) is 6.31. The van der Waals surface area contributed by atoms with Gasteiger partial charge >= 0.3 is 0 Å². The van der Waals surface area contributed by atoms with E-state index in [-0.39, 0.29) is 5.91 Å². The maximum absolute atomic E-state index is 12.1. The van der Waals surface area contributed by atoms with Gasteiger partial charge in [-0.25, -0.2) is 0 Å². The lowest BCUT2D eigenvalue weighted by atomic mass is 10.4. The largest absolute Gasteiger partial charge is 0.349 e. The molecule has 0 aliphatic carbocycles. The minimum Gasteiger partial charge on any atom is -0.349 e. The van der Waals surface area contributed by atoms with Crippen LogP contribution in [0, 0.1) is 0 Å². The Kier molecular flexibility index (Phi) is 5.01. The van der Waals surface area contributed by atoms with Gasteiger partial charge in [-0.3, -0.25) is 9.69 Å². The van der Waals surface area contributed by atoms with E-state index in [2.05, 4.69) is 15.2 Å². The molecule has 2 N–H and O–H groups in total. The summed E-state index contributed by atoms with van der Waals surface area (Å²) in [6.07, 6.45) is 0. The van der Waals surface area contributed by atoms with Gasteiger partial charge in [0.25, 0.3) is 5.91 Å². The van der Waals surface area contributed by atoms with E-state index in [0.717, 1.165) is 29.9 Å². The summed E-state index contributed by atoms with van der Waals surface area (Å²) < 4.78 is 1.45. The SMILES string of the molecule is O=C(NCCN1CCSCC1)c1cc2sc(Cl)c(Cl)c2[nH]1. The molecular weight excluding hydrogens is 349 g/mol. The summed E-state index contributed by atoms with van der Waals surface area (Å²) in [7, 11) is 0. The monoisotopic (exact) mass is 363 g/mol. The maximum Gasteiger partial charge on any atom is 0.267 e. The van der Waals surface area contributed by atoms with Crippen LogP contribution in [0.25, 0.3) is 10.2 Å². The zero-order chi connectivity index (χ0) is 14.8. The van der Waals surface area contributed by atoms with Gasteiger partial charge in [0.1, 0.15) is 10.0 Å². The van der Waals surface area contributed by atoms with Gasteiger partial charge < -0.3 is 10.3 Å². The second kappa shape index (κ2) is 6.79. The molecule has 0 atom stereocenters. The van der Waals surface area contributed by atoms with Crippen molar-refractivity contribution in [2.24, 2.45) is 0 Å². The summed E-state index contributed by atoms with van der Waals surface area (Å²) in [5, 5.41) is 3.43. The number of nitrogens with one attached hydrogen (secondary N) is 2. The van der Waals surface area contributed by atoms with Gasteiger partial charge in [-0.15, -0.1) is 11.3 Å². The average Bonchev–Trinajstić information content (AvgIpc) is 3.01. The van der Waals surface area contributed by atoms with Gasteiger partial charge in [-0.2, -0.15) is 11.8 Å². The van der Waals surface area contributed by atoms with Crippen molar-refractivity contribution < 1.29 is 4.79 Å². The Balaban J connectivity index is 1.56. The third-order valence-electron chi connectivity index (χ3n) is 3.44. The van der Waals surface area contributed by atoms with Gasteiger partial charge in [-0.1, -0.05) is 23.2 Å². The van der Waals surface area contributed by atoms with Crippen LogP contribution >= 0.6 is 46.3 Å². The molecule has 2 aromatic rings. The highest BCUT2D eigenvalue weighted by Gasteiger charge is 2.16. The molecule has 114 valence electrons. The zero-order valence-electron chi connectivity index (χ0n) is 11.2. The number of rotatable bonds is 4. The number of carbonyl (C=O) groups is 1. The summed E-state index contributed by atoms with van der Waals surface area (Å²) in [6, 6.07) is 1.80. The van der Waals surface area contributed by atoms with Crippen LogP contribution in [0.2, 0.25) is 9.36 Å². The molecule has 3 rings (SSSR count). The van der Waals surface area contributed by atoms with Crippen LogP contribution in [0.5, 0.6) is 0 Å². The predicted molar refractivity (Wildman–Crippen MR) is 92.3 cm³/mol. The molecule has 1 amide bonds. The number of thiophene rings is 1. The molecule has 21 heavy (non-hydrogen) atoms. The van der Waals surface area contributed by atoms with E-state index in [1.54, 1.807) is 6.07 Å². The minimum atomic E-state index is -0.100. The molecule has 3 heterocycles. The van der Waals surface area contributed by atoms with Crippen molar-refractivity contribution >= 4 is 62.4 Å². The van der Waals surface area contributed by atoms with Gasteiger partial charge in [0.15, 0.2) is 0 Å². The quantitative estimate of drug-likeness (QED) is 0.875. The zero-order valence-corrected chi connectivity index (χ0v) is 14.4. The first-order valence-corrected chi connectivity index (χ1v) is 9.42. The molecule has 4 nitrogen and oxygen atoms in total. The number of aromatic amines is 1. The van der Waals surface area contributed by atoms with Crippen molar-refractivity contribution in [1.82, 2.24) is 15.2 Å². The second-order valence-corrected chi connectivity index (χ2v) is 8.08. The Morgan fingerprint density at radius 2 is 2.14 bits per heavy atom. The summed E-state index contributed by atoms with van der Waals surface area (Å²) >= 11 is 15.4. The lowest BCUT2D eigenvalue weighted by molar-refractivity contribution is 0.0945. The fourth-order valence-electron chi connectivity index (χ4n) is 2.29. The number of fused-ring (bicyclic) bond motifs is 1. The molecular formula is C13H15Cl2N3OS2. The van der Waals surface area contributed by atoms with Crippen LogP contribution in [0.4, 0.5) is 0 Å². The molecule has 1 saturated heterocycles. The fourth-order valence-corrected chi connectivity index (χ4v) is 4.75. The van der Waals surface area contributed by atoms with Crippen molar-refractivity contribution in [3.05, 3.63) is 21.1 Å². The van der Waals surface area contributed by atoms with Gasteiger partial charge in [0.05, 0.1) is 15.2 Å². The normalized spacial score (nSPS) is 16.5. The van der Waals surface area contributed by atoms with E-state index in [4.69, 9.17) is 23.2 Å². The van der Waals surface area contributed by atoms with Crippen LogP contribution in [-0.2, 0) is 0 Å². The van der Waals surface area contributed by atoms with Crippen molar-refractivity contribution in [2.75, 3.05) is 37.7 Å². The summed E-state index contributed by atoms with van der Waals surface area (Å²) in [5.74, 6) is 2.26. The predicted octanol–water partition coefficient (Wildman–Crippen LogP) is 3.31. The molecule has 2 aromatic heterocycles. The van der Waals surface area contributed by atoms with Crippen LogP contribution in [0.3, 0.4) is 0 Å². The second-order valence-electron chi connectivity index (χ2n) is 4.82. The Hall–Kier alpha value is -0.400. The molecule has 0 spiro atoms. The standard InChI is InChI=1S/C13H15Cl2N3OS2/c14-10-11-9(21-12(10)15)7-8(17-11)13(19)16-1-2-18-3-5-20-6-4-18/h7,17H,1-6H2,(H,16,19). The first kappa shape index (κ1) is 15.5. The summed E-state index contributed by atoms with van der Waals surface area (Å²) in [4.78, 5) is 17.5. The van der Waals surface area contributed by atoms with Crippen LogP contribution in [0.15, 0.2) is 6.07 Å². The number of aromatic nitrogens is 1. The Bertz CT molecular complexity index is 649. The molecule has 0 bridgehead atoms. The highest BCUT2D eigenvalue weighted by atomic mass is 35.5. The third kappa shape index (κ3) is 3.51. The number of amides is 1. The number of halogens is 2. The Morgan fingerprint density at radius 3 is 2.86 bits per heavy atom. The number of hydrogen-bond acceptors (Lipinski definition) is 4. The number of nitrogens with zero attached hydrogens (tertiary/aromatic N) is 1. The molecule has 0 saturated carbocycles. The lowest BCUT2D eigenvalue weighted by Crippen LogP contribution is -2.39. The summed E-state index contributed by atoms with van der Waals surface area (Å²) in [5.41, 5.74) is 1.27. The van der Waals surface area contributed by atoms with Crippen molar-refractivity contribution in [3.63, 3.8) is 0 Å². The maximum atomic E-state index is 12.1. The van der Waals surface area contributed by atoms with Crippen LogP contribution in [-0.4, -0.2) is 53.5 Å². The highest BCUT2D eigenvalue weighted by Crippen LogP contribution is 2.38. The molecule has 8 heteroatoms. The van der Waals surface area contributed by atoms with E-state index >= 15 is 0 Å². The number of H-pyrrole nitrogens is 1. The Morgan fingerprint density at radius 1 is 1.38 bits per heavy atom. The van der Waals surface area contributed by atoms with Crippen LogP contribution < -0.4 is 5.32 Å². The smallest absolute Gasteiger partial charge is 0.267 e. The molecule has 1 fully saturated rings. The molecule has 1 aliphatic rings. The number of thioether (sulfide) groups is 1. The van der Waals surface area contributed by atoms with E-state index in [0.29, 0.717) is 21.6 Å². The lowest BCUT2D eigenvalue weighted by Gasteiger charge is -2.25. The topological polar surface area (TPSA) is 48.1 Å². The van der Waals surface area contributed by atoms with E-state index < -0.39 is 0 Å². The number of carbonyl (C=O) groups excluding carboxylic acids is 1. The van der Waals surface area contributed by atoms with Gasteiger partial charge in [-0.05, 0) is 6.07 Å². The van der Waals surface area contributed by atoms with E-state index in [9.17, 15) is 4.79 Å². The highest BCUT2D eigenvalue weighted by molar-refractivity contribution is 7.99. The first-order valence-electron chi connectivity index (χ1n) is 6.70.